The molecule has 4 rings (SSSR count). The third-order valence-electron chi connectivity index (χ3n) is 4.39. The Morgan fingerprint density at radius 2 is 2.00 bits per heavy atom. The molecule has 5 nitrogen and oxygen atoms in total. The number of carbonyl (C=O) groups excluding carboxylic acids is 1. The molecule has 1 N–H and O–H groups in total. The first-order chi connectivity index (χ1) is 12.2. The summed E-state index contributed by atoms with van der Waals surface area (Å²) in [4.78, 5) is 12.4. The first-order valence-corrected chi connectivity index (χ1v) is 8.73. The van der Waals surface area contributed by atoms with Crippen molar-refractivity contribution in [3.63, 3.8) is 0 Å². The fraction of sp³-hybridized carbons (Fsp3) is 0.158. The van der Waals surface area contributed by atoms with Gasteiger partial charge in [-0.1, -0.05) is 34.1 Å². The molecular weight excluding hydrogens is 382 g/mol. The minimum absolute atomic E-state index is 0.0304. The van der Waals surface area contributed by atoms with Gasteiger partial charge in [-0.25, -0.2) is 4.68 Å². The second kappa shape index (κ2) is 6.37. The van der Waals surface area contributed by atoms with Gasteiger partial charge in [0.15, 0.2) is 0 Å². The number of para-hydroxylation sites is 1. The summed E-state index contributed by atoms with van der Waals surface area (Å²) in [5.74, 6) is 1.35. The molecule has 6 heteroatoms. The molecule has 0 aliphatic carbocycles. The molecule has 0 saturated heterocycles. The molecule has 0 saturated carbocycles. The van der Waals surface area contributed by atoms with Gasteiger partial charge in [0.25, 0.3) is 0 Å². The molecule has 1 aliphatic rings. The van der Waals surface area contributed by atoms with Crippen molar-refractivity contribution in [1.29, 1.82) is 0 Å². The van der Waals surface area contributed by atoms with E-state index in [9.17, 15) is 4.79 Å². The fourth-order valence-corrected chi connectivity index (χ4v) is 3.62. The highest BCUT2D eigenvalue weighted by atomic mass is 79.9. The Balaban J connectivity index is 1.86. The smallest absolute Gasteiger partial charge is 0.226 e. The molecular formula is C19H16BrN3O2. The summed E-state index contributed by atoms with van der Waals surface area (Å²) in [6, 6.07) is 15.6. The monoisotopic (exact) mass is 397 g/mol. The minimum Gasteiger partial charge on any atom is -0.496 e. The molecule has 1 aliphatic heterocycles. The number of halogens is 1. The van der Waals surface area contributed by atoms with Gasteiger partial charge in [-0.3, -0.25) is 4.79 Å². The van der Waals surface area contributed by atoms with Crippen molar-refractivity contribution in [3.05, 3.63) is 70.3 Å². The molecule has 2 heterocycles. The van der Waals surface area contributed by atoms with E-state index in [1.165, 1.54) is 0 Å². The van der Waals surface area contributed by atoms with Gasteiger partial charge in [-0.2, -0.15) is 5.10 Å². The summed E-state index contributed by atoms with van der Waals surface area (Å²) in [5.41, 5.74) is 2.87. The van der Waals surface area contributed by atoms with Gasteiger partial charge in [-0.05, 0) is 30.3 Å². The summed E-state index contributed by atoms with van der Waals surface area (Å²) in [6.45, 7) is 0. The van der Waals surface area contributed by atoms with E-state index >= 15 is 0 Å². The third kappa shape index (κ3) is 2.82. The van der Waals surface area contributed by atoms with E-state index in [0.717, 1.165) is 32.9 Å². The van der Waals surface area contributed by atoms with E-state index < -0.39 is 0 Å². The van der Waals surface area contributed by atoms with Gasteiger partial charge in [0.1, 0.15) is 11.6 Å². The molecule has 25 heavy (non-hydrogen) atoms. The minimum atomic E-state index is -0.103. The summed E-state index contributed by atoms with van der Waals surface area (Å²) < 4.78 is 8.23. The van der Waals surface area contributed by atoms with Crippen LogP contribution in [-0.2, 0) is 4.79 Å². The lowest BCUT2D eigenvalue weighted by Gasteiger charge is -2.25. The summed E-state index contributed by atoms with van der Waals surface area (Å²) >= 11 is 3.51. The van der Waals surface area contributed by atoms with Crippen LogP contribution in [-0.4, -0.2) is 22.8 Å². The average molecular weight is 398 g/mol. The summed E-state index contributed by atoms with van der Waals surface area (Å²) in [5, 5.41) is 7.47. The van der Waals surface area contributed by atoms with Crippen LogP contribution in [0.25, 0.3) is 5.69 Å². The van der Waals surface area contributed by atoms with Crippen LogP contribution in [0, 0.1) is 0 Å². The number of rotatable bonds is 3. The number of fused-ring (bicyclic) bond motifs is 1. The van der Waals surface area contributed by atoms with Crippen LogP contribution in [0.3, 0.4) is 0 Å². The average Bonchev–Trinajstić information content (AvgIpc) is 3.05. The quantitative estimate of drug-likeness (QED) is 0.722. The van der Waals surface area contributed by atoms with Crippen molar-refractivity contribution in [1.82, 2.24) is 9.78 Å². The normalized spacial score (nSPS) is 16.2. The van der Waals surface area contributed by atoms with Crippen LogP contribution in [0.1, 0.15) is 23.5 Å². The lowest BCUT2D eigenvalue weighted by molar-refractivity contribution is -0.116. The van der Waals surface area contributed by atoms with Crippen molar-refractivity contribution >= 4 is 27.7 Å². The van der Waals surface area contributed by atoms with Gasteiger partial charge in [0.05, 0.1) is 19.0 Å². The topological polar surface area (TPSA) is 56.1 Å². The molecule has 0 spiro atoms. The van der Waals surface area contributed by atoms with Crippen molar-refractivity contribution in [2.45, 2.75) is 12.3 Å². The molecule has 3 aromatic rings. The third-order valence-corrected chi connectivity index (χ3v) is 4.88. The van der Waals surface area contributed by atoms with E-state index in [4.69, 9.17) is 4.74 Å². The van der Waals surface area contributed by atoms with Gasteiger partial charge in [0, 0.05) is 27.9 Å². The van der Waals surface area contributed by atoms with Crippen molar-refractivity contribution in [3.8, 4) is 11.4 Å². The van der Waals surface area contributed by atoms with Crippen LogP contribution in [0.4, 0.5) is 5.82 Å². The molecule has 1 amide bonds. The maximum Gasteiger partial charge on any atom is 0.226 e. The van der Waals surface area contributed by atoms with E-state index in [0.29, 0.717) is 6.42 Å². The second-order valence-electron chi connectivity index (χ2n) is 5.89. The molecule has 2 aromatic carbocycles. The molecule has 1 atom stereocenters. The fourth-order valence-electron chi connectivity index (χ4n) is 3.24. The number of amides is 1. The first-order valence-electron chi connectivity index (χ1n) is 7.94. The number of nitrogens with one attached hydrogen (secondary N) is 1. The molecule has 1 aromatic heterocycles. The first kappa shape index (κ1) is 15.9. The predicted molar refractivity (Wildman–Crippen MR) is 99.3 cm³/mol. The van der Waals surface area contributed by atoms with Crippen LogP contribution in [0.2, 0.25) is 0 Å². The number of hydrogen-bond donors (Lipinski definition) is 1. The van der Waals surface area contributed by atoms with Crippen LogP contribution >= 0.6 is 15.9 Å². The lowest BCUT2D eigenvalue weighted by Crippen LogP contribution is -2.24. The van der Waals surface area contributed by atoms with E-state index in [2.05, 4.69) is 26.3 Å². The standard InChI is InChI=1S/C19H16BrN3O2/c1-25-17-8-7-12(20)9-15(17)14-10-18(24)22-19-16(14)11-21-23(19)13-5-3-2-4-6-13/h2-9,11,14H,10H2,1H3,(H,22,24)/t14-/m0/s1. The number of methoxy groups -OCH3 is 1. The van der Waals surface area contributed by atoms with Gasteiger partial charge >= 0.3 is 0 Å². The highest BCUT2D eigenvalue weighted by molar-refractivity contribution is 9.10. The Morgan fingerprint density at radius 3 is 2.76 bits per heavy atom. The highest BCUT2D eigenvalue weighted by Gasteiger charge is 2.32. The molecule has 0 bridgehead atoms. The Bertz CT molecular complexity index is 937. The maximum absolute atomic E-state index is 12.4. The zero-order chi connectivity index (χ0) is 17.4. The van der Waals surface area contributed by atoms with Gasteiger partial charge < -0.3 is 10.1 Å². The van der Waals surface area contributed by atoms with Gasteiger partial charge in [-0.15, -0.1) is 0 Å². The van der Waals surface area contributed by atoms with E-state index in [1.54, 1.807) is 11.8 Å². The number of benzene rings is 2. The van der Waals surface area contributed by atoms with E-state index in [1.807, 2.05) is 54.7 Å². The number of nitrogens with zero attached hydrogens (tertiary/aromatic N) is 2. The Morgan fingerprint density at radius 1 is 1.20 bits per heavy atom. The molecule has 126 valence electrons. The Kier molecular flexibility index (Phi) is 4.05. The van der Waals surface area contributed by atoms with Crippen LogP contribution < -0.4 is 10.1 Å². The summed E-state index contributed by atoms with van der Waals surface area (Å²) in [6.07, 6.45) is 2.19. The zero-order valence-corrected chi connectivity index (χ0v) is 15.2. The zero-order valence-electron chi connectivity index (χ0n) is 13.6. The SMILES string of the molecule is COc1ccc(Br)cc1[C@@H]1CC(=O)Nc2c1cnn2-c1ccccc1. The molecule has 0 fully saturated rings. The van der Waals surface area contributed by atoms with Crippen molar-refractivity contribution < 1.29 is 9.53 Å². The molecule has 0 radical (unpaired) electrons. The van der Waals surface area contributed by atoms with Crippen LogP contribution in [0.5, 0.6) is 5.75 Å². The largest absolute Gasteiger partial charge is 0.496 e. The molecule has 0 unspecified atom stereocenters. The Hall–Kier alpha value is -2.60. The van der Waals surface area contributed by atoms with E-state index in [-0.39, 0.29) is 11.8 Å². The van der Waals surface area contributed by atoms with Gasteiger partial charge in [0.2, 0.25) is 5.91 Å². The number of aromatic nitrogens is 2. The number of ether oxygens (including phenoxy) is 1. The number of anilines is 1. The van der Waals surface area contributed by atoms with Crippen molar-refractivity contribution in [2.75, 3.05) is 12.4 Å². The number of carbonyl (C=O) groups is 1. The Labute approximate surface area is 153 Å². The van der Waals surface area contributed by atoms with Crippen LogP contribution in [0.15, 0.2) is 59.2 Å². The highest BCUT2D eigenvalue weighted by Crippen LogP contribution is 2.42. The number of hydrogen-bond acceptors (Lipinski definition) is 3. The second-order valence-corrected chi connectivity index (χ2v) is 6.80. The van der Waals surface area contributed by atoms with Crippen molar-refractivity contribution in [2.24, 2.45) is 0 Å². The lowest BCUT2D eigenvalue weighted by atomic mass is 9.87. The summed E-state index contributed by atoms with van der Waals surface area (Å²) in [7, 11) is 1.64. The predicted octanol–water partition coefficient (Wildman–Crippen LogP) is 4.12. The maximum atomic E-state index is 12.4.